The third-order valence-corrected chi connectivity index (χ3v) is 2.88. The molecule has 0 heterocycles. The molecule has 0 saturated heterocycles. The van der Waals surface area contributed by atoms with Crippen molar-refractivity contribution in [1.29, 1.82) is 0 Å². The molecule has 0 unspecified atom stereocenters. The summed E-state index contributed by atoms with van der Waals surface area (Å²) in [4.78, 5) is 23.4. The zero-order valence-corrected chi connectivity index (χ0v) is 10.5. The van der Waals surface area contributed by atoms with Gasteiger partial charge in [-0.15, -0.1) is 18.3 Å². The lowest BCUT2D eigenvalue weighted by atomic mass is 10.3. The fourth-order valence-corrected chi connectivity index (χ4v) is 1.76. The van der Waals surface area contributed by atoms with Gasteiger partial charge in [-0.05, 0) is 24.3 Å². The number of carbonyl (C=O) groups excluding carboxylic acids is 2. The third kappa shape index (κ3) is 5.40. The Bertz CT molecular complexity index is 431. The lowest BCUT2D eigenvalue weighted by Gasteiger charge is -2.04. The number of nitrogens with one attached hydrogen (secondary N) is 2. The molecule has 0 aliphatic carbocycles. The largest absolute Gasteiger partial charge is 0.508 e. The van der Waals surface area contributed by atoms with Gasteiger partial charge in [-0.2, -0.15) is 0 Å². The van der Waals surface area contributed by atoms with Crippen LogP contribution in [0.15, 0.2) is 41.8 Å². The minimum absolute atomic E-state index is 0.131. The lowest BCUT2D eigenvalue weighted by molar-refractivity contribution is -0.117. The molecule has 3 amide bonds. The lowest BCUT2D eigenvalue weighted by Crippen LogP contribution is -2.40. The second kappa shape index (κ2) is 7.39. The van der Waals surface area contributed by atoms with Crippen LogP contribution in [0.3, 0.4) is 0 Å². The van der Waals surface area contributed by atoms with Crippen LogP contribution in [0, 0.1) is 0 Å². The molecule has 0 atom stereocenters. The highest BCUT2D eigenvalue weighted by Gasteiger charge is 2.07. The van der Waals surface area contributed by atoms with E-state index in [0.717, 1.165) is 4.90 Å². The summed E-state index contributed by atoms with van der Waals surface area (Å²) in [5, 5.41) is 13.7. The molecule has 0 aliphatic heterocycles. The van der Waals surface area contributed by atoms with Gasteiger partial charge in [0.25, 0.3) is 0 Å². The van der Waals surface area contributed by atoms with E-state index in [9.17, 15) is 9.59 Å². The molecule has 18 heavy (non-hydrogen) atoms. The number of imide groups is 1. The molecule has 0 aliphatic rings. The van der Waals surface area contributed by atoms with Crippen molar-refractivity contribution >= 4 is 23.7 Å². The summed E-state index contributed by atoms with van der Waals surface area (Å²) in [7, 11) is 0. The van der Waals surface area contributed by atoms with Crippen molar-refractivity contribution in [2.75, 3.05) is 12.3 Å². The van der Waals surface area contributed by atoms with Crippen LogP contribution in [0.2, 0.25) is 0 Å². The summed E-state index contributed by atoms with van der Waals surface area (Å²) < 4.78 is 0. The Morgan fingerprint density at radius 2 is 2.00 bits per heavy atom. The van der Waals surface area contributed by atoms with E-state index in [2.05, 4.69) is 17.2 Å². The summed E-state index contributed by atoms with van der Waals surface area (Å²) in [6.07, 6.45) is 1.52. The zero-order chi connectivity index (χ0) is 13.4. The van der Waals surface area contributed by atoms with Gasteiger partial charge in [0.05, 0.1) is 5.75 Å². The minimum Gasteiger partial charge on any atom is -0.508 e. The second-order valence-electron chi connectivity index (χ2n) is 3.33. The fourth-order valence-electron chi connectivity index (χ4n) is 1.06. The highest BCUT2D eigenvalue weighted by atomic mass is 32.2. The molecule has 0 spiro atoms. The minimum atomic E-state index is -0.536. The number of thioether (sulfide) groups is 1. The number of hydrogen-bond acceptors (Lipinski definition) is 4. The Morgan fingerprint density at radius 1 is 1.33 bits per heavy atom. The normalized spacial score (nSPS) is 9.56. The van der Waals surface area contributed by atoms with Crippen molar-refractivity contribution < 1.29 is 14.7 Å². The summed E-state index contributed by atoms with van der Waals surface area (Å²) in [5.41, 5.74) is 0. The van der Waals surface area contributed by atoms with Gasteiger partial charge in [0.2, 0.25) is 5.91 Å². The Balaban J connectivity index is 2.30. The summed E-state index contributed by atoms with van der Waals surface area (Å²) in [6, 6.07) is 5.94. The van der Waals surface area contributed by atoms with E-state index < -0.39 is 6.03 Å². The first-order chi connectivity index (χ1) is 8.61. The van der Waals surface area contributed by atoms with Gasteiger partial charge in [0.15, 0.2) is 0 Å². The number of hydrogen-bond donors (Lipinski definition) is 3. The van der Waals surface area contributed by atoms with Crippen molar-refractivity contribution in [3.63, 3.8) is 0 Å². The number of benzene rings is 1. The van der Waals surface area contributed by atoms with Crippen LogP contribution in [-0.4, -0.2) is 29.3 Å². The van der Waals surface area contributed by atoms with Gasteiger partial charge >= 0.3 is 6.03 Å². The van der Waals surface area contributed by atoms with Gasteiger partial charge < -0.3 is 10.4 Å². The number of rotatable bonds is 5. The molecular weight excluding hydrogens is 252 g/mol. The molecule has 0 saturated carbocycles. The van der Waals surface area contributed by atoms with Gasteiger partial charge in [-0.1, -0.05) is 6.08 Å². The van der Waals surface area contributed by atoms with Crippen molar-refractivity contribution in [3.8, 4) is 5.75 Å². The predicted molar refractivity (Wildman–Crippen MR) is 70.6 cm³/mol. The van der Waals surface area contributed by atoms with E-state index in [1.807, 2.05) is 0 Å². The molecule has 1 aromatic rings. The molecule has 5 nitrogen and oxygen atoms in total. The van der Waals surface area contributed by atoms with Gasteiger partial charge in [0.1, 0.15) is 5.75 Å². The van der Waals surface area contributed by atoms with Crippen LogP contribution in [0.1, 0.15) is 0 Å². The van der Waals surface area contributed by atoms with Crippen LogP contribution >= 0.6 is 11.8 Å². The van der Waals surface area contributed by atoms with E-state index in [4.69, 9.17) is 5.11 Å². The standard InChI is InChI=1S/C12H14N2O3S/c1-2-7-13-12(17)14-11(16)8-18-10-5-3-9(15)4-6-10/h2-6,15H,1,7-8H2,(H2,13,14,16,17). The molecule has 96 valence electrons. The summed E-state index contributed by atoms with van der Waals surface area (Å²) in [5.74, 6) is -0.0750. The van der Waals surface area contributed by atoms with E-state index >= 15 is 0 Å². The molecular formula is C12H14N2O3S. The molecule has 0 bridgehead atoms. The van der Waals surface area contributed by atoms with Crippen LogP contribution in [0.25, 0.3) is 0 Å². The Labute approximate surface area is 109 Å². The third-order valence-electron chi connectivity index (χ3n) is 1.87. The number of phenols is 1. The topological polar surface area (TPSA) is 78.4 Å². The number of carbonyl (C=O) groups is 2. The maximum atomic E-state index is 11.4. The quantitative estimate of drug-likeness (QED) is 0.557. The molecule has 6 heteroatoms. The van der Waals surface area contributed by atoms with Crippen LogP contribution < -0.4 is 10.6 Å². The SMILES string of the molecule is C=CCNC(=O)NC(=O)CSc1ccc(O)cc1. The molecule has 0 radical (unpaired) electrons. The number of amides is 3. The number of urea groups is 1. The Kier molecular flexibility index (Phi) is 5.79. The molecule has 0 fully saturated rings. The van der Waals surface area contributed by atoms with Crippen molar-refractivity contribution in [2.45, 2.75) is 4.90 Å². The van der Waals surface area contributed by atoms with Gasteiger partial charge in [0, 0.05) is 11.4 Å². The zero-order valence-electron chi connectivity index (χ0n) is 9.68. The number of phenolic OH excluding ortho intramolecular Hbond substituents is 1. The van der Waals surface area contributed by atoms with Crippen molar-refractivity contribution in [1.82, 2.24) is 10.6 Å². The molecule has 1 rings (SSSR count). The monoisotopic (exact) mass is 266 g/mol. The van der Waals surface area contributed by atoms with E-state index in [1.54, 1.807) is 12.1 Å². The first-order valence-electron chi connectivity index (χ1n) is 5.22. The van der Waals surface area contributed by atoms with Gasteiger partial charge in [-0.25, -0.2) is 4.79 Å². The Morgan fingerprint density at radius 3 is 2.61 bits per heavy atom. The average molecular weight is 266 g/mol. The maximum Gasteiger partial charge on any atom is 0.321 e. The second-order valence-corrected chi connectivity index (χ2v) is 4.38. The predicted octanol–water partition coefficient (Wildman–Crippen LogP) is 1.50. The van der Waals surface area contributed by atoms with E-state index in [-0.39, 0.29) is 17.4 Å². The van der Waals surface area contributed by atoms with Crippen molar-refractivity contribution in [2.24, 2.45) is 0 Å². The van der Waals surface area contributed by atoms with Crippen LogP contribution in [0.5, 0.6) is 5.75 Å². The average Bonchev–Trinajstić information content (AvgIpc) is 2.35. The highest BCUT2D eigenvalue weighted by Crippen LogP contribution is 2.20. The number of aromatic hydroxyl groups is 1. The molecule has 3 N–H and O–H groups in total. The first-order valence-corrected chi connectivity index (χ1v) is 6.21. The van der Waals surface area contributed by atoms with E-state index in [1.165, 1.54) is 30.0 Å². The van der Waals surface area contributed by atoms with Crippen LogP contribution in [-0.2, 0) is 4.79 Å². The Hall–Kier alpha value is -1.95. The van der Waals surface area contributed by atoms with E-state index in [0.29, 0.717) is 6.54 Å². The summed E-state index contributed by atoms with van der Waals surface area (Å²) in [6.45, 7) is 3.75. The fraction of sp³-hybridized carbons (Fsp3) is 0.167. The van der Waals surface area contributed by atoms with Crippen molar-refractivity contribution in [3.05, 3.63) is 36.9 Å². The smallest absolute Gasteiger partial charge is 0.321 e. The molecule has 0 aromatic heterocycles. The summed E-state index contributed by atoms with van der Waals surface area (Å²) >= 11 is 1.28. The first kappa shape index (κ1) is 14.1. The maximum absolute atomic E-state index is 11.4. The van der Waals surface area contributed by atoms with Crippen LogP contribution in [0.4, 0.5) is 4.79 Å². The van der Waals surface area contributed by atoms with Gasteiger partial charge in [-0.3, -0.25) is 10.1 Å². The highest BCUT2D eigenvalue weighted by molar-refractivity contribution is 8.00. The molecule has 1 aromatic carbocycles.